The lowest BCUT2D eigenvalue weighted by Gasteiger charge is -1.87. The first kappa shape index (κ1) is 7.43. The lowest BCUT2D eigenvalue weighted by molar-refractivity contribution is -0.131. The SMILES string of the molecule is CCC=C([SiH3])C(=O)O. The van der Waals surface area contributed by atoms with E-state index in [1.165, 1.54) is 0 Å². The van der Waals surface area contributed by atoms with Crippen LogP contribution >= 0.6 is 0 Å². The van der Waals surface area contributed by atoms with Crippen molar-refractivity contribution in [3.8, 4) is 0 Å². The third kappa shape index (κ3) is 2.57. The second-order valence-corrected chi connectivity index (χ2v) is 2.68. The highest BCUT2D eigenvalue weighted by Gasteiger charge is 1.94. The molecule has 0 aromatic rings. The number of hydrogen-bond donors (Lipinski definition) is 1. The molecule has 0 rings (SSSR count). The van der Waals surface area contributed by atoms with Crippen LogP contribution in [0.3, 0.4) is 0 Å². The van der Waals surface area contributed by atoms with Crippen molar-refractivity contribution in [1.82, 2.24) is 0 Å². The molecule has 2 nitrogen and oxygen atoms in total. The van der Waals surface area contributed by atoms with Crippen LogP contribution in [0.5, 0.6) is 0 Å². The molecule has 0 aromatic heterocycles. The Labute approximate surface area is 51.6 Å². The maximum Gasteiger partial charge on any atom is 0.326 e. The number of allylic oxidation sites excluding steroid dienone is 1. The minimum atomic E-state index is -0.765. The standard InChI is InChI=1S/C5H10O2Si/c1-2-3-4(8)5(6)7/h3H,2H2,1,8H3,(H,6,7). The Morgan fingerprint density at radius 1 is 1.88 bits per heavy atom. The summed E-state index contributed by atoms with van der Waals surface area (Å²) in [7, 11) is 0.645. The van der Waals surface area contributed by atoms with Crippen molar-refractivity contribution in [2.45, 2.75) is 13.3 Å². The molecule has 0 aliphatic heterocycles. The summed E-state index contributed by atoms with van der Waals surface area (Å²) in [6.07, 6.45) is 2.57. The van der Waals surface area contributed by atoms with E-state index < -0.39 is 5.97 Å². The van der Waals surface area contributed by atoms with Gasteiger partial charge in [-0.3, -0.25) is 0 Å². The molecule has 0 heterocycles. The van der Waals surface area contributed by atoms with E-state index in [1.807, 2.05) is 6.92 Å². The highest BCUT2D eigenvalue weighted by molar-refractivity contribution is 6.34. The predicted octanol–water partition coefficient (Wildman–Crippen LogP) is -0.270. The number of carboxylic acid groups (broad SMARTS) is 1. The van der Waals surface area contributed by atoms with Crippen LogP contribution in [-0.4, -0.2) is 21.3 Å². The molecule has 0 radical (unpaired) electrons. The summed E-state index contributed by atoms with van der Waals surface area (Å²) in [5, 5.41) is 8.84. The first-order valence-electron chi connectivity index (χ1n) is 2.58. The van der Waals surface area contributed by atoms with Crippen molar-refractivity contribution in [3.63, 3.8) is 0 Å². The molecule has 0 saturated carbocycles. The number of hydrogen-bond acceptors (Lipinski definition) is 1. The van der Waals surface area contributed by atoms with Gasteiger partial charge in [0.25, 0.3) is 0 Å². The number of rotatable bonds is 2. The van der Waals surface area contributed by atoms with E-state index in [2.05, 4.69) is 0 Å². The largest absolute Gasteiger partial charge is 0.478 e. The highest BCUT2D eigenvalue weighted by Crippen LogP contribution is 1.88. The smallest absolute Gasteiger partial charge is 0.326 e. The normalized spacial score (nSPS) is 11.9. The van der Waals surface area contributed by atoms with Gasteiger partial charge in [-0.05, 0) is 6.42 Å². The monoisotopic (exact) mass is 130 g/mol. The molecule has 0 bridgehead atoms. The Balaban J connectivity index is 3.80. The molecule has 0 aliphatic rings. The summed E-state index contributed by atoms with van der Waals surface area (Å²) in [6, 6.07) is 0. The Hall–Kier alpha value is -0.573. The lowest BCUT2D eigenvalue weighted by Crippen LogP contribution is -1.98. The van der Waals surface area contributed by atoms with Gasteiger partial charge in [-0.1, -0.05) is 13.0 Å². The molecule has 0 aliphatic carbocycles. The van der Waals surface area contributed by atoms with Crippen LogP contribution in [0.15, 0.2) is 11.3 Å². The van der Waals surface area contributed by atoms with Crippen molar-refractivity contribution in [3.05, 3.63) is 11.3 Å². The molecule has 3 heteroatoms. The Morgan fingerprint density at radius 3 is 2.50 bits per heavy atom. The quantitative estimate of drug-likeness (QED) is 0.413. The number of aliphatic carboxylic acids is 1. The minimum Gasteiger partial charge on any atom is -0.478 e. The zero-order chi connectivity index (χ0) is 6.57. The van der Waals surface area contributed by atoms with Gasteiger partial charge in [0.2, 0.25) is 0 Å². The molecule has 0 aromatic carbocycles. The van der Waals surface area contributed by atoms with Crippen LogP contribution in [0, 0.1) is 0 Å². The van der Waals surface area contributed by atoms with E-state index in [-0.39, 0.29) is 0 Å². The predicted molar refractivity (Wildman–Crippen MR) is 35.9 cm³/mol. The third-order valence-electron chi connectivity index (χ3n) is 0.848. The maximum atomic E-state index is 10.1. The second kappa shape index (κ2) is 3.43. The molecule has 46 valence electrons. The molecule has 8 heavy (non-hydrogen) atoms. The summed E-state index contributed by atoms with van der Waals surface area (Å²) < 4.78 is 0. The fourth-order valence-electron chi connectivity index (χ4n) is 0.393. The van der Waals surface area contributed by atoms with Crippen LogP contribution in [0.25, 0.3) is 0 Å². The van der Waals surface area contributed by atoms with Gasteiger partial charge in [-0.25, -0.2) is 4.79 Å². The average Bonchev–Trinajstić information content (AvgIpc) is 1.67. The second-order valence-electron chi connectivity index (χ2n) is 1.60. The van der Waals surface area contributed by atoms with Crippen LogP contribution in [0.4, 0.5) is 0 Å². The molecule has 0 amide bonds. The fourth-order valence-corrected chi connectivity index (χ4v) is 0.802. The molecule has 0 atom stereocenters. The van der Waals surface area contributed by atoms with E-state index >= 15 is 0 Å². The van der Waals surface area contributed by atoms with Crippen LogP contribution in [0.2, 0.25) is 0 Å². The van der Waals surface area contributed by atoms with Gasteiger partial charge in [0.15, 0.2) is 0 Å². The van der Waals surface area contributed by atoms with Gasteiger partial charge < -0.3 is 5.11 Å². The van der Waals surface area contributed by atoms with Gasteiger partial charge in [0.1, 0.15) is 0 Å². The van der Waals surface area contributed by atoms with Gasteiger partial charge in [0.05, 0.1) is 0 Å². The van der Waals surface area contributed by atoms with Gasteiger partial charge in [-0.2, -0.15) is 0 Å². The van der Waals surface area contributed by atoms with Crippen LogP contribution in [0.1, 0.15) is 13.3 Å². The Kier molecular flexibility index (Phi) is 3.19. The molecule has 0 spiro atoms. The first-order chi connectivity index (χ1) is 3.68. The van der Waals surface area contributed by atoms with Crippen molar-refractivity contribution >= 4 is 16.2 Å². The Bertz CT molecular complexity index is 118. The molecule has 0 saturated heterocycles. The molecular formula is C5H10O2Si. The van der Waals surface area contributed by atoms with Gasteiger partial charge in [0, 0.05) is 15.4 Å². The number of carbonyl (C=O) groups is 1. The Morgan fingerprint density at radius 2 is 2.38 bits per heavy atom. The molecule has 0 unspecified atom stereocenters. The van der Waals surface area contributed by atoms with Crippen LogP contribution < -0.4 is 0 Å². The van der Waals surface area contributed by atoms with E-state index in [0.29, 0.717) is 15.4 Å². The van der Waals surface area contributed by atoms with E-state index in [1.54, 1.807) is 6.08 Å². The third-order valence-corrected chi connectivity index (χ3v) is 1.68. The topological polar surface area (TPSA) is 37.3 Å². The lowest BCUT2D eigenvalue weighted by atomic mass is 10.4. The maximum absolute atomic E-state index is 10.1. The van der Waals surface area contributed by atoms with Crippen molar-refractivity contribution in [1.29, 1.82) is 0 Å². The summed E-state index contributed by atoms with van der Waals surface area (Å²) in [5.74, 6) is -0.765. The van der Waals surface area contributed by atoms with E-state index in [0.717, 1.165) is 6.42 Å². The fraction of sp³-hybridized carbons (Fsp3) is 0.400. The van der Waals surface area contributed by atoms with Crippen molar-refractivity contribution < 1.29 is 9.90 Å². The summed E-state index contributed by atoms with van der Waals surface area (Å²) in [6.45, 7) is 1.93. The summed E-state index contributed by atoms with van der Waals surface area (Å²) >= 11 is 0. The van der Waals surface area contributed by atoms with Crippen molar-refractivity contribution in [2.24, 2.45) is 0 Å². The van der Waals surface area contributed by atoms with E-state index in [4.69, 9.17) is 5.11 Å². The average molecular weight is 130 g/mol. The summed E-state index contributed by atoms with van der Waals surface area (Å²) in [5.41, 5.74) is 0. The van der Waals surface area contributed by atoms with E-state index in [9.17, 15) is 4.79 Å². The summed E-state index contributed by atoms with van der Waals surface area (Å²) in [4.78, 5) is 10.1. The zero-order valence-corrected chi connectivity index (χ0v) is 7.14. The van der Waals surface area contributed by atoms with Crippen LogP contribution in [-0.2, 0) is 4.79 Å². The van der Waals surface area contributed by atoms with Gasteiger partial charge in [-0.15, -0.1) is 0 Å². The highest BCUT2D eigenvalue weighted by atomic mass is 28.1. The minimum absolute atomic E-state index is 0.563. The molecule has 1 N–H and O–H groups in total. The molecular weight excluding hydrogens is 120 g/mol. The number of carboxylic acids is 1. The first-order valence-corrected chi connectivity index (χ1v) is 3.58. The van der Waals surface area contributed by atoms with Gasteiger partial charge >= 0.3 is 5.97 Å². The zero-order valence-electron chi connectivity index (χ0n) is 5.14. The van der Waals surface area contributed by atoms with Crippen molar-refractivity contribution in [2.75, 3.05) is 0 Å². The molecule has 0 fully saturated rings.